The summed E-state index contributed by atoms with van der Waals surface area (Å²) < 4.78 is 31.3. The second kappa shape index (κ2) is 7.58. The average molecular weight is 400 g/mol. The smallest absolute Gasteiger partial charge is 0.350 e. The van der Waals surface area contributed by atoms with Crippen molar-refractivity contribution >= 4 is 38.4 Å². The predicted octanol–water partition coefficient (Wildman–Crippen LogP) is 0.940. The van der Waals surface area contributed by atoms with Crippen molar-refractivity contribution in [3.8, 4) is 6.07 Å². The van der Waals surface area contributed by atoms with E-state index in [4.69, 9.17) is 5.26 Å². The number of nitrogens with zero attached hydrogens (tertiary/aromatic N) is 2. The summed E-state index contributed by atoms with van der Waals surface area (Å²) >= 11 is 0. The van der Waals surface area contributed by atoms with Gasteiger partial charge in [0.25, 0.3) is 15.9 Å². The van der Waals surface area contributed by atoms with Crippen molar-refractivity contribution in [2.45, 2.75) is 11.8 Å². The van der Waals surface area contributed by atoms with Crippen LogP contribution in [0.2, 0.25) is 0 Å². The van der Waals surface area contributed by atoms with Crippen LogP contribution in [0.25, 0.3) is 10.8 Å². The number of esters is 1. The fraction of sp³-hybridized carbons (Fsp3) is 0.167. The number of amides is 1. The lowest BCUT2D eigenvalue weighted by Gasteiger charge is -2.18. The van der Waals surface area contributed by atoms with Crippen LogP contribution >= 0.6 is 0 Å². The minimum atomic E-state index is -3.86. The van der Waals surface area contributed by atoms with Gasteiger partial charge in [-0.15, -0.1) is 0 Å². The van der Waals surface area contributed by atoms with E-state index in [0.717, 1.165) is 15.9 Å². The topological polar surface area (TPSA) is 129 Å². The first-order chi connectivity index (χ1) is 13.4. The van der Waals surface area contributed by atoms with Gasteiger partial charge in [0.05, 0.1) is 17.2 Å². The lowest BCUT2D eigenvalue weighted by molar-refractivity contribution is -0.138. The maximum absolute atomic E-state index is 12.8. The number of anilines is 1. The second-order valence-electron chi connectivity index (χ2n) is 5.73. The van der Waals surface area contributed by atoms with E-state index in [-0.39, 0.29) is 17.1 Å². The zero-order valence-corrected chi connectivity index (χ0v) is 15.6. The largest absolute Gasteiger partial charge is 0.462 e. The minimum Gasteiger partial charge on any atom is -0.462 e. The van der Waals surface area contributed by atoms with Gasteiger partial charge in [0.2, 0.25) is 0 Å². The van der Waals surface area contributed by atoms with E-state index in [2.05, 4.69) is 15.6 Å². The summed E-state index contributed by atoms with van der Waals surface area (Å²) in [5.41, 5.74) is 4.63. The van der Waals surface area contributed by atoms with Crippen LogP contribution in [0, 0.1) is 11.3 Å². The van der Waals surface area contributed by atoms with Crippen molar-refractivity contribution in [1.29, 1.82) is 5.26 Å². The first kappa shape index (κ1) is 19.2. The van der Waals surface area contributed by atoms with Crippen LogP contribution < -0.4 is 15.2 Å². The highest BCUT2D eigenvalue weighted by Gasteiger charge is 2.36. The van der Waals surface area contributed by atoms with Crippen LogP contribution in [0.3, 0.4) is 0 Å². The molecule has 1 heterocycles. The third kappa shape index (κ3) is 3.35. The molecule has 0 fully saturated rings. The predicted molar refractivity (Wildman–Crippen MR) is 100 cm³/mol. The molecule has 2 aromatic carbocycles. The number of ether oxygens (including phenoxy) is 1. The summed E-state index contributed by atoms with van der Waals surface area (Å²) in [5, 5.41) is 10.2. The van der Waals surface area contributed by atoms with E-state index >= 15 is 0 Å². The van der Waals surface area contributed by atoms with Crippen LogP contribution in [-0.4, -0.2) is 33.4 Å². The van der Waals surface area contributed by atoms with Crippen LogP contribution in [0.5, 0.6) is 0 Å². The number of benzene rings is 2. The van der Waals surface area contributed by atoms with Gasteiger partial charge in [-0.3, -0.25) is 14.5 Å². The Balaban J connectivity index is 1.75. The van der Waals surface area contributed by atoms with Crippen LogP contribution in [0.4, 0.5) is 5.69 Å². The monoisotopic (exact) mass is 400 g/mol. The molecule has 3 rings (SSSR count). The maximum atomic E-state index is 12.8. The molecule has 10 heteroatoms. The standard InChI is InChI=1S/C18H16N4O5S/c1-2-27-18(24)13(9-19)10-20-21-16(23)11-22-14-7-3-5-12-6-4-8-15(17(12)14)28(22,25)26/h3-8,10,20H,2,11H2,1H3,(H,21,23)/b13-10+. The molecule has 144 valence electrons. The second-order valence-corrected chi connectivity index (χ2v) is 7.56. The van der Waals surface area contributed by atoms with E-state index < -0.39 is 28.4 Å². The summed E-state index contributed by atoms with van der Waals surface area (Å²) in [4.78, 5) is 23.9. The van der Waals surface area contributed by atoms with Gasteiger partial charge in [-0.2, -0.15) is 5.26 Å². The van der Waals surface area contributed by atoms with Gasteiger partial charge in [0, 0.05) is 11.6 Å². The molecule has 2 N–H and O–H groups in total. The molecule has 0 radical (unpaired) electrons. The molecule has 9 nitrogen and oxygen atoms in total. The normalized spacial score (nSPS) is 14.4. The number of hydrazine groups is 1. The van der Waals surface area contributed by atoms with E-state index in [1.807, 2.05) is 0 Å². The van der Waals surface area contributed by atoms with E-state index in [0.29, 0.717) is 11.1 Å². The van der Waals surface area contributed by atoms with Crippen molar-refractivity contribution in [3.05, 3.63) is 48.2 Å². The molecular formula is C18H16N4O5S. The molecule has 0 atom stereocenters. The van der Waals surface area contributed by atoms with Crippen molar-refractivity contribution in [1.82, 2.24) is 10.9 Å². The maximum Gasteiger partial charge on any atom is 0.350 e. The number of sulfonamides is 1. The fourth-order valence-electron chi connectivity index (χ4n) is 2.83. The van der Waals surface area contributed by atoms with E-state index in [1.54, 1.807) is 43.3 Å². The molecule has 0 unspecified atom stereocenters. The van der Waals surface area contributed by atoms with Crippen molar-refractivity contribution in [2.24, 2.45) is 0 Å². The molecule has 0 saturated heterocycles. The van der Waals surface area contributed by atoms with Crippen LogP contribution in [0.1, 0.15) is 6.92 Å². The van der Waals surface area contributed by atoms with E-state index in [1.165, 1.54) is 6.07 Å². The van der Waals surface area contributed by atoms with Crippen molar-refractivity contribution in [2.75, 3.05) is 17.5 Å². The molecule has 0 aliphatic carbocycles. The van der Waals surface area contributed by atoms with E-state index in [9.17, 15) is 18.0 Å². The lowest BCUT2D eigenvalue weighted by Crippen LogP contribution is -2.43. The van der Waals surface area contributed by atoms with Crippen LogP contribution in [0.15, 0.2) is 53.1 Å². The van der Waals surface area contributed by atoms with Crippen molar-refractivity contribution in [3.63, 3.8) is 0 Å². The Morgan fingerprint density at radius 2 is 1.96 bits per heavy atom. The number of hydrogen-bond acceptors (Lipinski definition) is 7. The first-order valence-electron chi connectivity index (χ1n) is 8.26. The Kier molecular flexibility index (Phi) is 5.19. The SMILES string of the molecule is CCOC(=O)/C(C#N)=C/NNC(=O)CN1c2cccc3cccc(c23)S1(=O)=O. The highest BCUT2D eigenvalue weighted by atomic mass is 32.2. The first-order valence-corrected chi connectivity index (χ1v) is 9.70. The molecule has 2 aromatic rings. The quantitative estimate of drug-likeness (QED) is 0.319. The summed E-state index contributed by atoms with van der Waals surface area (Å²) in [6, 6.07) is 11.7. The zero-order chi connectivity index (χ0) is 20.3. The number of carbonyl (C=O) groups is 2. The number of rotatable bonds is 6. The third-order valence-corrected chi connectivity index (χ3v) is 5.81. The third-order valence-electron chi connectivity index (χ3n) is 4.01. The molecule has 0 aromatic heterocycles. The van der Waals surface area contributed by atoms with Gasteiger partial charge in [0.15, 0.2) is 5.57 Å². The summed E-state index contributed by atoms with van der Waals surface area (Å²) in [6.45, 7) is 1.22. The van der Waals surface area contributed by atoms with Gasteiger partial charge in [-0.05, 0) is 24.4 Å². The minimum absolute atomic E-state index is 0.100. The summed E-state index contributed by atoms with van der Waals surface area (Å²) in [5.74, 6) is -1.51. The molecule has 1 aliphatic rings. The van der Waals surface area contributed by atoms with Crippen molar-refractivity contribution < 1.29 is 22.7 Å². The summed E-state index contributed by atoms with van der Waals surface area (Å²) in [6.07, 6.45) is 0.976. The molecule has 1 amide bonds. The Hall–Kier alpha value is -3.58. The van der Waals surface area contributed by atoms with Gasteiger partial charge in [-0.25, -0.2) is 13.2 Å². The molecule has 0 saturated carbocycles. The summed E-state index contributed by atoms with van der Waals surface area (Å²) in [7, 11) is -3.86. The van der Waals surface area contributed by atoms with Gasteiger partial charge < -0.3 is 10.2 Å². The highest BCUT2D eigenvalue weighted by molar-refractivity contribution is 7.93. The number of hydrogen-bond donors (Lipinski definition) is 2. The molecule has 0 spiro atoms. The molecule has 0 bridgehead atoms. The Labute approximate surface area is 161 Å². The Morgan fingerprint density at radius 1 is 1.25 bits per heavy atom. The van der Waals surface area contributed by atoms with Gasteiger partial charge in [-0.1, -0.05) is 24.3 Å². The van der Waals surface area contributed by atoms with Gasteiger partial charge >= 0.3 is 5.97 Å². The zero-order valence-electron chi connectivity index (χ0n) is 14.8. The number of carbonyl (C=O) groups excluding carboxylic acids is 2. The number of nitriles is 1. The average Bonchev–Trinajstić information content (AvgIpc) is 2.89. The fourth-order valence-corrected chi connectivity index (χ4v) is 4.50. The Bertz CT molecular complexity index is 1130. The number of nitrogens with one attached hydrogen (secondary N) is 2. The van der Waals surface area contributed by atoms with Crippen LogP contribution in [-0.2, 0) is 24.3 Å². The molecular weight excluding hydrogens is 384 g/mol. The van der Waals surface area contributed by atoms with Gasteiger partial charge in [0.1, 0.15) is 12.6 Å². The Morgan fingerprint density at radius 3 is 2.64 bits per heavy atom. The molecule has 1 aliphatic heterocycles. The lowest BCUT2D eigenvalue weighted by atomic mass is 10.1. The molecule has 28 heavy (non-hydrogen) atoms. The highest BCUT2D eigenvalue weighted by Crippen LogP contribution is 2.41.